The molecule has 0 aliphatic heterocycles. The Labute approximate surface area is 210 Å². The minimum Gasteiger partial charge on any atom is -0.459 e. The zero-order valence-electron chi connectivity index (χ0n) is 20.6. The van der Waals surface area contributed by atoms with Crippen LogP contribution in [-0.2, 0) is 47.7 Å². The quantitative estimate of drug-likeness (QED) is 0.120. The summed E-state index contributed by atoms with van der Waals surface area (Å²) in [5.74, 6) is -7.30. The summed E-state index contributed by atoms with van der Waals surface area (Å²) in [6.07, 6.45) is -2.53. The Morgan fingerprint density at radius 2 is 1.24 bits per heavy atom. The topological polar surface area (TPSA) is 189 Å². The Morgan fingerprint density at radius 1 is 0.730 bits per heavy atom. The molecule has 0 saturated heterocycles. The van der Waals surface area contributed by atoms with Crippen LogP contribution in [0.4, 0.5) is 13.2 Å². The second-order valence-electron chi connectivity index (χ2n) is 7.92. The zero-order chi connectivity index (χ0) is 28.5. The van der Waals surface area contributed by atoms with Gasteiger partial charge < -0.3 is 35.3 Å². The Bertz CT molecular complexity index is 803. The van der Waals surface area contributed by atoms with E-state index in [1.54, 1.807) is 0 Å². The van der Waals surface area contributed by atoms with Crippen LogP contribution in [0.15, 0.2) is 0 Å². The largest absolute Gasteiger partial charge is 0.459 e. The van der Waals surface area contributed by atoms with Crippen molar-refractivity contribution in [3.8, 4) is 0 Å². The van der Waals surface area contributed by atoms with Gasteiger partial charge in [0, 0.05) is 32.9 Å². The second kappa shape index (κ2) is 17.2. The molecule has 0 atom stereocenters. The van der Waals surface area contributed by atoms with Crippen LogP contribution in [0.5, 0.6) is 0 Å². The number of ketones is 1. The van der Waals surface area contributed by atoms with Crippen LogP contribution in [0.1, 0.15) is 39.5 Å². The summed E-state index contributed by atoms with van der Waals surface area (Å²) in [6, 6.07) is 0. The van der Waals surface area contributed by atoms with Gasteiger partial charge in [-0.05, 0) is 39.5 Å². The van der Waals surface area contributed by atoms with Gasteiger partial charge in [-0.2, -0.15) is 13.2 Å². The van der Waals surface area contributed by atoms with E-state index in [1.165, 1.54) is 13.8 Å². The number of nitrogens with one attached hydrogen (secondary N) is 2. The maximum Gasteiger partial charge on any atom is 0.422 e. The number of nitrogens with two attached hydrogens (primary N) is 1. The van der Waals surface area contributed by atoms with Crippen LogP contribution in [0, 0.1) is 0 Å². The second-order valence-corrected chi connectivity index (χ2v) is 7.92. The number of amides is 3. The van der Waals surface area contributed by atoms with Crippen molar-refractivity contribution < 1.29 is 60.9 Å². The minimum atomic E-state index is -4.77. The van der Waals surface area contributed by atoms with E-state index in [-0.39, 0.29) is 26.3 Å². The molecule has 0 aliphatic carbocycles. The van der Waals surface area contributed by atoms with Crippen molar-refractivity contribution in [2.75, 3.05) is 46.1 Å². The van der Waals surface area contributed by atoms with Gasteiger partial charge in [-0.15, -0.1) is 0 Å². The van der Waals surface area contributed by atoms with E-state index in [0.29, 0.717) is 38.9 Å². The summed E-state index contributed by atoms with van der Waals surface area (Å²) in [7, 11) is 0. The summed E-state index contributed by atoms with van der Waals surface area (Å²) in [5.41, 5.74) is 3.29. The number of primary amides is 1. The maximum atomic E-state index is 12.3. The summed E-state index contributed by atoms with van der Waals surface area (Å²) in [4.78, 5) is 68.0. The van der Waals surface area contributed by atoms with E-state index < -0.39 is 53.8 Å². The predicted octanol–water partition coefficient (Wildman–Crippen LogP) is -0.706. The Hall–Kier alpha value is -3.27. The number of rotatable bonds is 17. The lowest BCUT2D eigenvalue weighted by Gasteiger charge is -2.23. The molecule has 0 aromatic rings. The standard InChI is InChI=1S/C21H32F3N3O10/c1-20(2,37-12-6-4-10-34-9-3-5-11-35-18(32)15(25)29)14(28)16(30)26-7-8-27-17(31)19(33)36-13-21(22,23)24/h3-13H2,1-2H3,(H2,25,29)(H,26,30)(H,27,31). The number of carbonyl (C=O) groups is 6. The number of alkyl halides is 3. The van der Waals surface area contributed by atoms with Gasteiger partial charge in [0.05, 0.1) is 6.61 Å². The van der Waals surface area contributed by atoms with Crippen LogP contribution in [-0.4, -0.2) is 93.3 Å². The molecule has 0 aliphatic rings. The molecule has 0 spiro atoms. The lowest BCUT2D eigenvalue weighted by molar-refractivity contribution is -0.187. The maximum absolute atomic E-state index is 12.3. The van der Waals surface area contributed by atoms with Gasteiger partial charge in [-0.1, -0.05) is 0 Å². The van der Waals surface area contributed by atoms with E-state index >= 15 is 0 Å². The third-order valence-electron chi connectivity index (χ3n) is 4.26. The summed E-state index contributed by atoms with van der Waals surface area (Å²) in [6.45, 7) is 1.32. The molecule has 0 heterocycles. The molecule has 13 nitrogen and oxygen atoms in total. The smallest absolute Gasteiger partial charge is 0.422 e. The highest BCUT2D eigenvalue weighted by Gasteiger charge is 2.34. The lowest BCUT2D eigenvalue weighted by atomic mass is 10.0. The number of hydrogen-bond acceptors (Lipinski definition) is 10. The SMILES string of the molecule is CC(C)(OCCCCOCCCCOC(=O)C(N)=O)C(=O)C(=O)NCCNC(=O)C(=O)OCC(F)(F)F. The van der Waals surface area contributed by atoms with Crippen LogP contribution < -0.4 is 16.4 Å². The molecule has 4 N–H and O–H groups in total. The molecular weight excluding hydrogens is 511 g/mol. The predicted molar refractivity (Wildman–Crippen MR) is 118 cm³/mol. The highest BCUT2D eigenvalue weighted by molar-refractivity contribution is 6.39. The molecule has 0 rings (SSSR count). The van der Waals surface area contributed by atoms with Gasteiger partial charge in [0.1, 0.15) is 5.60 Å². The molecule has 0 aromatic heterocycles. The first-order valence-electron chi connectivity index (χ1n) is 11.2. The Kier molecular flexibility index (Phi) is 15.7. The van der Waals surface area contributed by atoms with Crippen molar-refractivity contribution >= 4 is 35.4 Å². The van der Waals surface area contributed by atoms with Crippen LogP contribution in [0.2, 0.25) is 0 Å². The van der Waals surface area contributed by atoms with Crippen LogP contribution in [0.3, 0.4) is 0 Å². The molecule has 0 saturated carbocycles. The molecule has 0 fully saturated rings. The monoisotopic (exact) mass is 543 g/mol. The molecule has 16 heteroatoms. The van der Waals surface area contributed by atoms with Gasteiger partial charge in [0.25, 0.3) is 11.7 Å². The molecule has 0 bridgehead atoms. The van der Waals surface area contributed by atoms with E-state index in [0.717, 1.165) is 0 Å². The average Bonchev–Trinajstić information content (AvgIpc) is 2.81. The first-order valence-corrected chi connectivity index (χ1v) is 11.2. The van der Waals surface area contributed by atoms with Gasteiger partial charge in [-0.3, -0.25) is 19.2 Å². The molecule has 0 radical (unpaired) electrons. The first-order chi connectivity index (χ1) is 17.2. The molecule has 37 heavy (non-hydrogen) atoms. The molecular formula is C21H32F3N3O10. The van der Waals surface area contributed by atoms with E-state index in [2.05, 4.69) is 14.8 Å². The fourth-order valence-electron chi connectivity index (χ4n) is 2.33. The number of Topliss-reactive ketones (excluding diaryl/α,β-unsaturated/α-hetero) is 1. The Balaban J connectivity index is 3.94. The number of esters is 2. The number of hydrogen-bond donors (Lipinski definition) is 3. The van der Waals surface area contributed by atoms with Gasteiger partial charge >= 0.3 is 29.9 Å². The molecule has 212 valence electrons. The minimum absolute atomic E-state index is 0.0598. The summed E-state index contributed by atoms with van der Waals surface area (Å²) < 4.78 is 55.1. The van der Waals surface area contributed by atoms with Gasteiger partial charge in [-0.25, -0.2) is 9.59 Å². The van der Waals surface area contributed by atoms with Gasteiger partial charge in [0.15, 0.2) is 6.61 Å². The summed E-state index contributed by atoms with van der Waals surface area (Å²) >= 11 is 0. The number of ether oxygens (including phenoxy) is 4. The van der Waals surface area contributed by atoms with Crippen LogP contribution in [0.25, 0.3) is 0 Å². The fraction of sp³-hybridized carbons (Fsp3) is 0.714. The first kappa shape index (κ1) is 33.7. The number of unbranched alkanes of at least 4 members (excludes halogenated alkanes) is 2. The Morgan fingerprint density at radius 3 is 1.78 bits per heavy atom. The fourth-order valence-corrected chi connectivity index (χ4v) is 2.33. The molecule has 3 amide bonds. The van der Waals surface area contributed by atoms with Crippen LogP contribution >= 0.6 is 0 Å². The lowest BCUT2D eigenvalue weighted by Crippen LogP contribution is -2.47. The number of halogens is 3. The van der Waals surface area contributed by atoms with Crippen molar-refractivity contribution in [1.82, 2.24) is 10.6 Å². The normalized spacial score (nSPS) is 11.4. The summed E-state index contributed by atoms with van der Waals surface area (Å²) in [5, 5.41) is 4.15. The van der Waals surface area contributed by atoms with Crippen molar-refractivity contribution in [1.29, 1.82) is 0 Å². The van der Waals surface area contributed by atoms with Gasteiger partial charge in [0.2, 0.25) is 0 Å². The number of carbonyl (C=O) groups excluding carboxylic acids is 6. The van der Waals surface area contributed by atoms with Crippen molar-refractivity contribution in [3.05, 3.63) is 0 Å². The van der Waals surface area contributed by atoms with E-state index in [9.17, 15) is 41.9 Å². The van der Waals surface area contributed by atoms with E-state index in [1.807, 2.05) is 5.32 Å². The highest BCUT2D eigenvalue weighted by Crippen LogP contribution is 2.14. The van der Waals surface area contributed by atoms with Crippen molar-refractivity contribution in [3.63, 3.8) is 0 Å². The van der Waals surface area contributed by atoms with Crippen molar-refractivity contribution in [2.45, 2.75) is 51.3 Å². The molecule has 0 aromatic carbocycles. The zero-order valence-corrected chi connectivity index (χ0v) is 20.6. The third kappa shape index (κ3) is 16.9. The van der Waals surface area contributed by atoms with Crippen molar-refractivity contribution in [2.24, 2.45) is 5.73 Å². The highest BCUT2D eigenvalue weighted by atomic mass is 19.4. The molecule has 0 unspecified atom stereocenters. The van der Waals surface area contributed by atoms with E-state index in [4.69, 9.17) is 15.2 Å². The third-order valence-corrected chi connectivity index (χ3v) is 4.26. The average molecular weight is 543 g/mol.